The maximum atomic E-state index is 13.8. The number of aromatic hydroxyl groups is 1. The number of amides is 1. The monoisotopic (exact) mass is 284 g/mol. The molecule has 1 aromatic carbocycles. The van der Waals surface area contributed by atoms with E-state index in [4.69, 9.17) is 10.5 Å². The minimum absolute atomic E-state index is 0.101. The number of phenolic OH excluding ortho intramolecular Hbond substituents is 1. The van der Waals surface area contributed by atoms with Gasteiger partial charge in [0.15, 0.2) is 0 Å². The summed E-state index contributed by atoms with van der Waals surface area (Å²) >= 11 is 0. The van der Waals surface area contributed by atoms with Crippen molar-refractivity contribution in [3.63, 3.8) is 0 Å². The molecule has 0 aliphatic carbocycles. The largest absolute Gasteiger partial charge is 0.508 e. The van der Waals surface area contributed by atoms with Gasteiger partial charge in [-0.3, -0.25) is 5.32 Å². The first kappa shape index (κ1) is 16.2. The molecule has 0 aliphatic rings. The lowest BCUT2D eigenvalue weighted by atomic mass is 10.1. The first-order valence-corrected chi connectivity index (χ1v) is 6.40. The average Bonchev–Trinajstić information content (AvgIpc) is 2.29. The van der Waals surface area contributed by atoms with Gasteiger partial charge in [-0.15, -0.1) is 0 Å². The van der Waals surface area contributed by atoms with Crippen molar-refractivity contribution in [1.82, 2.24) is 0 Å². The standard InChI is InChI=1S/C14H21FN2O3/c1-14(2,3)20-13(19)17-9-4-5-12(18)10(8-9)11(15)6-7-16/h4-5,8,11,18H,6-7,16H2,1-3H3,(H,17,19). The number of rotatable bonds is 4. The molecule has 0 bridgehead atoms. The molecule has 1 aromatic rings. The molecule has 4 N–H and O–H groups in total. The molecule has 0 fully saturated rings. The zero-order valence-corrected chi connectivity index (χ0v) is 11.9. The maximum Gasteiger partial charge on any atom is 0.412 e. The molecule has 1 unspecified atom stereocenters. The third-order valence-corrected chi connectivity index (χ3v) is 2.43. The van der Waals surface area contributed by atoms with Gasteiger partial charge in [-0.1, -0.05) is 0 Å². The number of halogens is 1. The Morgan fingerprint density at radius 2 is 2.15 bits per heavy atom. The topological polar surface area (TPSA) is 84.6 Å². The summed E-state index contributed by atoms with van der Waals surface area (Å²) in [7, 11) is 0. The van der Waals surface area contributed by atoms with Crippen molar-refractivity contribution in [3.8, 4) is 5.75 Å². The van der Waals surface area contributed by atoms with Crippen LogP contribution in [0.3, 0.4) is 0 Å². The molecule has 0 radical (unpaired) electrons. The van der Waals surface area contributed by atoms with Crippen LogP contribution in [-0.4, -0.2) is 23.3 Å². The second-order valence-electron chi connectivity index (χ2n) is 5.45. The van der Waals surface area contributed by atoms with Gasteiger partial charge in [0.05, 0.1) is 0 Å². The van der Waals surface area contributed by atoms with Crippen LogP contribution in [0.4, 0.5) is 14.9 Å². The van der Waals surface area contributed by atoms with E-state index in [9.17, 15) is 14.3 Å². The average molecular weight is 284 g/mol. The van der Waals surface area contributed by atoms with Gasteiger partial charge in [-0.05, 0) is 51.9 Å². The molecule has 0 saturated heterocycles. The molecule has 0 saturated carbocycles. The molecular weight excluding hydrogens is 263 g/mol. The summed E-state index contributed by atoms with van der Waals surface area (Å²) in [5.74, 6) is -0.166. The lowest BCUT2D eigenvalue weighted by Crippen LogP contribution is -2.27. The molecule has 0 aliphatic heterocycles. The maximum absolute atomic E-state index is 13.8. The Balaban J connectivity index is 2.82. The third-order valence-electron chi connectivity index (χ3n) is 2.43. The van der Waals surface area contributed by atoms with Gasteiger partial charge < -0.3 is 15.6 Å². The Bertz CT molecular complexity index is 472. The highest BCUT2D eigenvalue weighted by atomic mass is 19.1. The van der Waals surface area contributed by atoms with Crippen LogP contribution in [0.2, 0.25) is 0 Å². The van der Waals surface area contributed by atoms with Crippen LogP contribution in [0.1, 0.15) is 38.9 Å². The Hall–Kier alpha value is -1.82. The van der Waals surface area contributed by atoms with E-state index >= 15 is 0 Å². The lowest BCUT2D eigenvalue weighted by Gasteiger charge is -2.20. The van der Waals surface area contributed by atoms with Gasteiger partial charge in [-0.25, -0.2) is 9.18 Å². The van der Waals surface area contributed by atoms with Crippen LogP contribution in [0.15, 0.2) is 18.2 Å². The van der Waals surface area contributed by atoms with E-state index in [-0.39, 0.29) is 24.3 Å². The Labute approximate surface area is 117 Å². The Morgan fingerprint density at radius 3 is 2.70 bits per heavy atom. The van der Waals surface area contributed by atoms with Crippen LogP contribution in [0.5, 0.6) is 5.75 Å². The summed E-state index contributed by atoms with van der Waals surface area (Å²) < 4.78 is 18.9. The zero-order chi connectivity index (χ0) is 15.3. The van der Waals surface area contributed by atoms with E-state index < -0.39 is 17.9 Å². The second-order valence-corrected chi connectivity index (χ2v) is 5.45. The lowest BCUT2D eigenvalue weighted by molar-refractivity contribution is 0.0636. The Morgan fingerprint density at radius 1 is 1.50 bits per heavy atom. The van der Waals surface area contributed by atoms with Gasteiger partial charge in [0.25, 0.3) is 0 Å². The molecule has 20 heavy (non-hydrogen) atoms. The number of carbonyl (C=O) groups is 1. The van der Waals surface area contributed by atoms with Crippen LogP contribution < -0.4 is 11.1 Å². The molecule has 0 aromatic heterocycles. The highest BCUT2D eigenvalue weighted by Gasteiger charge is 2.18. The summed E-state index contributed by atoms with van der Waals surface area (Å²) in [6.45, 7) is 5.40. The number of ether oxygens (including phenoxy) is 1. The SMILES string of the molecule is CC(C)(C)OC(=O)Nc1ccc(O)c(C(F)CCN)c1. The normalized spacial score (nSPS) is 12.8. The first-order valence-electron chi connectivity index (χ1n) is 6.40. The quantitative estimate of drug-likeness (QED) is 0.742. The molecule has 0 spiro atoms. The highest BCUT2D eigenvalue weighted by molar-refractivity contribution is 5.85. The Kier molecular flexibility index (Phi) is 5.33. The molecule has 1 atom stereocenters. The van der Waals surface area contributed by atoms with Crippen molar-refractivity contribution >= 4 is 11.8 Å². The van der Waals surface area contributed by atoms with E-state index in [0.717, 1.165) is 0 Å². The van der Waals surface area contributed by atoms with Crippen molar-refractivity contribution in [1.29, 1.82) is 0 Å². The van der Waals surface area contributed by atoms with Gasteiger partial charge >= 0.3 is 6.09 Å². The van der Waals surface area contributed by atoms with Gasteiger partial charge in [0, 0.05) is 11.3 Å². The summed E-state index contributed by atoms with van der Waals surface area (Å²) in [6.07, 6.45) is -1.91. The molecule has 112 valence electrons. The van der Waals surface area contributed by atoms with E-state index in [1.165, 1.54) is 18.2 Å². The number of nitrogens with one attached hydrogen (secondary N) is 1. The number of nitrogens with two attached hydrogens (primary N) is 1. The number of benzene rings is 1. The van der Waals surface area contributed by atoms with Crippen molar-refractivity contribution in [3.05, 3.63) is 23.8 Å². The van der Waals surface area contributed by atoms with Crippen LogP contribution >= 0.6 is 0 Å². The molecular formula is C14H21FN2O3. The minimum Gasteiger partial charge on any atom is -0.508 e. The van der Waals surface area contributed by atoms with E-state index in [1.807, 2.05) is 0 Å². The molecule has 1 amide bonds. The predicted molar refractivity (Wildman–Crippen MR) is 75.5 cm³/mol. The summed E-state index contributed by atoms with van der Waals surface area (Å²) in [5, 5.41) is 12.1. The molecule has 1 rings (SSSR count). The van der Waals surface area contributed by atoms with Crippen LogP contribution in [0.25, 0.3) is 0 Å². The number of alkyl halides is 1. The van der Waals surface area contributed by atoms with E-state index in [1.54, 1.807) is 20.8 Å². The van der Waals surface area contributed by atoms with Crippen molar-refractivity contribution in [2.45, 2.75) is 39.0 Å². The fourth-order valence-electron chi connectivity index (χ4n) is 1.61. The van der Waals surface area contributed by atoms with E-state index in [0.29, 0.717) is 5.69 Å². The zero-order valence-electron chi connectivity index (χ0n) is 11.9. The number of hydrogen-bond acceptors (Lipinski definition) is 4. The molecule has 0 heterocycles. The second kappa shape index (κ2) is 6.56. The molecule has 6 heteroatoms. The van der Waals surface area contributed by atoms with Crippen LogP contribution in [-0.2, 0) is 4.74 Å². The minimum atomic E-state index is -1.37. The van der Waals surface area contributed by atoms with Crippen molar-refractivity contribution in [2.75, 3.05) is 11.9 Å². The van der Waals surface area contributed by atoms with Crippen LogP contribution in [0, 0.1) is 0 Å². The number of carbonyl (C=O) groups excluding carboxylic acids is 1. The molecule has 5 nitrogen and oxygen atoms in total. The number of hydrogen-bond donors (Lipinski definition) is 3. The fraction of sp³-hybridized carbons (Fsp3) is 0.500. The number of phenols is 1. The summed E-state index contributed by atoms with van der Waals surface area (Å²) in [5.41, 5.74) is 5.13. The third kappa shape index (κ3) is 5.05. The highest BCUT2D eigenvalue weighted by Crippen LogP contribution is 2.31. The van der Waals surface area contributed by atoms with Gasteiger partial charge in [0.1, 0.15) is 17.5 Å². The van der Waals surface area contributed by atoms with E-state index in [2.05, 4.69) is 5.32 Å². The van der Waals surface area contributed by atoms with Gasteiger partial charge in [-0.2, -0.15) is 0 Å². The van der Waals surface area contributed by atoms with Crippen molar-refractivity contribution in [2.24, 2.45) is 5.73 Å². The smallest absolute Gasteiger partial charge is 0.412 e. The summed E-state index contributed by atoms with van der Waals surface area (Å²) in [4.78, 5) is 11.6. The van der Waals surface area contributed by atoms with Crippen molar-refractivity contribution < 1.29 is 19.0 Å². The van der Waals surface area contributed by atoms with Gasteiger partial charge in [0.2, 0.25) is 0 Å². The first-order chi connectivity index (χ1) is 9.23. The number of anilines is 1. The predicted octanol–water partition coefficient (Wildman–Crippen LogP) is 3.10. The fourth-order valence-corrected chi connectivity index (χ4v) is 1.61. The summed E-state index contributed by atoms with van der Waals surface area (Å²) in [6, 6.07) is 4.17.